The molecule has 1 aliphatic rings. The van der Waals surface area contributed by atoms with Crippen LogP contribution in [-0.4, -0.2) is 62.2 Å². The van der Waals surface area contributed by atoms with Gasteiger partial charge in [0.05, 0.1) is 6.61 Å². The zero-order chi connectivity index (χ0) is 25.3. The highest BCUT2D eigenvalue weighted by Crippen LogP contribution is 2.13. The molecule has 1 aromatic rings. The number of benzene rings is 1. The van der Waals surface area contributed by atoms with E-state index in [1.54, 1.807) is 0 Å². The number of hydrogen-bond donors (Lipinski definition) is 1. The first-order valence-electron chi connectivity index (χ1n) is 14.6. The molecule has 0 atom stereocenters. The summed E-state index contributed by atoms with van der Waals surface area (Å²) < 4.78 is 5.91. The second-order valence-electron chi connectivity index (χ2n) is 9.12. The second kappa shape index (κ2) is 25.0. The van der Waals surface area contributed by atoms with Gasteiger partial charge in [-0.25, -0.2) is 0 Å². The molecule has 0 radical (unpaired) electrons. The van der Waals surface area contributed by atoms with E-state index < -0.39 is 0 Å². The van der Waals surface area contributed by atoms with Crippen LogP contribution in [0.4, 0.5) is 0 Å². The van der Waals surface area contributed by atoms with Gasteiger partial charge >= 0.3 is 0 Å². The van der Waals surface area contributed by atoms with Crippen molar-refractivity contribution in [3.63, 3.8) is 0 Å². The van der Waals surface area contributed by atoms with E-state index in [0.29, 0.717) is 0 Å². The Balaban J connectivity index is 0.00000164. The molecule has 0 amide bonds. The van der Waals surface area contributed by atoms with E-state index in [1.807, 2.05) is 13.8 Å². The first-order valence-corrected chi connectivity index (χ1v) is 14.6. The minimum absolute atomic E-state index is 0.820. The molecule has 1 saturated heterocycles. The Hall–Kier alpha value is -1.10. The van der Waals surface area contributed by atoms with E-state index in [4.69, 9.17) is 4.74 Å². The van der Waals surface area contributed by atoms with Crippen LogP contribution in [0.15, 0.2) is 24.3 Å². The van der Waals surface area contributed by atoms with Crippen LogP contribution in [0.1, 0.15) is 105 Å². The lowest BCUT2D eigenvalue weighted by Crippen LogP contribution is -2.31. The number of nitrogens with zero attached hydrogens (tertiary/aromatic N) is 2. The van der Waals surface area contributed by atoms with Gasteiger partial charge in [0.2, 0.25) is 0 Å². The maximum Gasteiger partial charge on any atom is 0.119 e. The van der Waals surface area contributed by atoms with Gasteiger partial charge in [0.15, 0.2) is 0 Å². The monoisotopic (exact) mass is 477 g/mol. The number of likely N-dealkylation sites (tertiary alicyclic amines) is 1. The van der Waals surface area contributed by atoms with Crippen molar-refractivity contribution in [1.82, 2.24) is 15.1 Å². The Morgan fingerprint density at radius 3 is 1.97 bits per heavy atom. The lowest BCUT2D eigenvalue weighted by Gasteiger charge is -2.26. The summed E-state index contributed by atoms with van der Waals surface area (Å²) in [6.07, 6.45) is 11.6. The molecule has 0 aliphatic carbocycles. The highest BCUT2D eigenvalue weighted by molar-refractivity contribution is 5.27. The third-order valence-corrected chi connectivity index (χ3v) is 6.00. The Bertz CT molecular complexity index is 506. The van der Waals surface area contributed by atoms with Crippen LogP contribution < -0.4 is 10.1 Å². The van der Waals surface area contributed by atoms with Crippen LogP contribution in [0.5, 0.6) is 5.75 Å². The minimum Gasteiger partial charge on any atom is -0.494 e. The average molecular weight is 478 g/mol. The molecule has 1 aliphatic heterocycles. The zero-order valence-electron chi connectivity index (χ0n) is 23.8. The smallest absolute Gasteiger partial charge is 0.119 e. The normalized spacial score (nSPS) is 13.6. The molecule has 1 N–H and O–H groups in total. The first kappa shape index (κ1) is 32.9. The molecule has 1 fully saturated rings. The van der Waals surface area contributed by atoms with Crippen LogP contribution in [0.3, 0.4) is 0 Å². The average Bonchev–Trinajstić information content (AvgIpc) is 2.89. The summed E-state index contributed by atoms with van der Waals surface area (Å²) in [5.41, 5.74) is 1.33. The topological polar surface area (TPSA) is 27.7 Å². The molecule has 1 heterocycles. The summed E-state index contributed by atoms with van der Waals surface area (Å²) in [6, 6.07) is 8.60. The Labute approximate surface area is 213 Å². The fraction of sp³-hybridized carbons (Fsp3) is 0.800. The van der Waals surface area contributed by atoms with Crippen LogP contribution in [0, 0.1) is 0 Å². The van der Waals surface area contributed by atoms with Gasteiger partial charge in [-0.3, -0.25) is 0 Å². The van der Waals surface area contributed by atoms with Crippen molar-refractivity contribution in [2.24, 2.45) is 0 Å². The molecule has 1 aromatic carbocycles. The highest BCUT2D eigenvalue weighted by Gasteiger charge is 2.09. The molecule has 0 unspecified atom stereocenters. The molecule has 34 heavy (non-hydrogen) atoms. The van der Waals surface area contributed by atoms with Crippen molar-refractivity contribution < 1.29 is 4.74 Å². The number of ether oxygens (including phenoxy) is 1. The number of unbranched alkanes of at least 4 members (excludes halogenated alkanes) is 1. The van der Waals surface area contributed by atoms with Crippen molar-refractivity contribution >= 4 is 0 Å². The molecule has 0 saturated carbocycles. The van der Waals surface area contributed by atoms with Gasteiger partial charge in [-0.1, -0.05) is 72.9 Å². The number of rotatable bonds is 16. The van der Waals surface area contributed by atoms with Gasteiger partial charge in [-0.2, -0.15) is 0 Å². The van der Waals surface area contributed by atoms with Gasteiger partial charge in [0.25, 0.3) is 0 Å². The number of hydrogen-bond acceptors (Lipinski definition) is 4. The Morgan fingerprint density at radius 2 is 1.41 bits per heavy atom. The molecule has 4 heteroatoms. The standard InChI is InChI=1S/C24H43N3O.C4H10.C2H6/c1-3-15-26(16-4-2)19-8-14-25-22-23-10-12-24(13-11-23)28-21-9-20-27-17-6-5-7-18-27;1-3-4-2;1-2/h10-13,25H,3-9,14-22H2,1-2H3;3-4H2,1-2H3;1-2H3. The molecule has 200 valence electrons. The van der Waals surface area contributed by atoms with Crippen LogP contribution >= 0.6 is 0 Å². The first-order chi connectivity index (χ1) is 16.7. The van der Waals surface area contributed by atoms with E-state index in [9.17, 15) is 0 Å². The molecule has 2 rings (SSSR count). The summed E-state index contributed by atoms with van der Waals surface area (Å²) in [5, 5.41) is 3.58. The fourth-order valence-electron chi connectivity index (χ4n) is 3.99. The van der Waals surface area contributed by atoms with Crippen molar-refractivity contribution in [1.29, 1.82) is 0 Å². The summed E-state index contributed by atoms with van der Waals surface area (Å²) in [7, 11) is 0. The van der Waals surface area contributed by atoms with Gasteiger partial charge in [-0.15, -0.1) is 0 Å². The zero-order valence-corrected chi connectivity index (χ0v) is 23.8. The third kappa shape index (κ3) is 18.3. The molecular formula is C30H59N3O. The lowest BCUT2D eigenvalue weighted by molar-refractivity contribution is 0.205. The molecule has 0 aromatic heterocycles. The predicted octanol–water partition coefficient (Wildman–Crippen LogP) is 7.38. The van der Waals surface area contributed by atoms with E-state index >= 15 is 0 Å². The van der Waals surface area contributed by atoms with Crippen molar-refractivity contribution in [2.75, 3.05) is 52.4 Å². The van der Waals surface area contributed by atoms with E-state index in [0.717, 1.165) is 31.9 Å². The summed E-state index contributed by atoms with van der Waals surface area (Å²) >= 11 is 0. The number of piperidine rings is 1. The summed E-state index contributed by atoms with van der Waals surface area (Å²) in [5.74, 6) is 0.997. The summed E-state index contributed by atoms with van der Waals surface area (Å²) in [6.45, 7) is 23.1. The molecule has 0 bridgehead atoms. The molecule has 4 nitrogen and oxygen atoms in total. The van der Waals surface area contributed by atoms with Gasteiger partial charge < -0.3 is 19.9 Å². The SMILES string of the molecule is CC.CCCC.CCCN(CCC)CCCNCc1ccc(OCCCN2CCCCC2)cc1. The van der Waals surface area contributed by atoms with Gasteiger partial charge in [0.1, 0.15) is 5.75 Å². The van der Waals surface area contributed by atoms with Gasteiger partial charge in [-0.05, 0) is 95.5 Å². The van der Waals surface area contributed by atoms with Crippen molar-refractivity contribution in [2.45, 2.75) is 106 Å². The number of nitrogens with one attached hydrogen (secondary N) is 1. The summed E-state index contributed by atoms with van der Waals surface area (Å²) in [4.78, 5) is 5.16. The largest absolute Gasteiger partial charge is 0.494 e. The maximum atomic E-state index is 5.91. The second-order valence-corrected chi connectivity index (χ2v) is 9.12. The van der Waals surface area contributed by atoms with Crippen molar-refractivity contribution in [3.05, 3.63) is 29.8 Å². The van der Waals surface area contributed by atoms with E-state index in [2.05, 4.69) is 67.1 Å². The lowest BCUT2D eigenvalue weighted by atomic mass is 10.1. The fourth-order valence-corrected chi connectivity index (χ4v) is 3.99. The minimum atomic E-state index is 0.820. The van der Waals surface area contributed by atoms with Gasteiger partial charge in [0, 0.05) is 13.1 Å². The van der Waals surface area contributed by atoms with Crippen LogP contribution in [0.25, 0.3) is 0 Å². The van der Waals surface area contributed by atoms with E-state index in [1.165, 1.54) is 96.2 Å². The maximum absolute atomic E-state index is 5.91. The molecular weight excluding hydrogens is 418 g/mol. The van der Waals surface area contributed by atoms with Crippen LogP contribution in [-0.2, 0) is 6.54 Å². The quantitative estimate of drug-likeness (QED) is 0.251. The highest BCUT2D eigenvalue weighted by atomic mass is 16.5. The van der Waals surface area contributed by atoms with Crippen LogP contribution in [0.2, 0.25) is 0 Å². The predicted molar refractivity (Wildman–Crippen MR) is 152 cm³/mol. The van der Waals surface area contributed by atoms with E-state index in [-0.39, 0.29) is 0 Å². The van der Waals surface area contributed by atoms with Crippen molar-refractivity contribution in [3.8, 4) is 5.75 Å². The third-order valence-electron chi connectivity index (χ3n) is 6.00. The Kier molecular flexibility index (Phi) is 24.2. The Morgan fingerprint density at radius 1 is 0.794 bits per heavy atom. The molecule has 0 spiro atoms.